The van der Waals surface area contributed by atoms with Crippen LogP contribution in [0.1, 0.15) is 43.2 Å². The van der Waals surface area contributed by atoms with Gasteiger partial charge in [-0.25, -0.2) is 0 Å². The number of piperidine rings is 1. The number of fused-ring (bicyclic) bond motifs is 3. The van der Waals surface area contributed by atoms with Crippen LogP contribution in [0.3, 0.4) is 0 Å². The SMILES string of the molecule is CCCCN1CC[C@@H]2c3ccccc3C[C@H]2C1. The zero-order chi connectivity index (χ0) is 11.7. The second-order valence-electron chi connectivity index (χ2n) is 5.71. The summed E-state index contributed by atoms with van der Waals surface area (Å²) in [5.41, 5.74) is 3.28. The van der Waals surface area contributed by atoms with Gasteiger partial charge in [0, 0.05) is 6.54 Å². The molecule has 2 aliphatic rings. The van der Waals surface area contributed by atoms with Crippen LogP contribution in [0.5, 0.6) is 0 Å². The van der Waals surface area contributed by atoms with Gasteiger partial charge in [0.15, 0.2) is 0 Å². The standard InChI is InChI=1S/C16H23N/c1-2-3-9-17-10-8-16-14(12-17)11-13-6-4-5-7-15(13)16/h4-7,14,16H,2-3,8-12H2,1H3/t14-,16-/m0/s1. The maximum Gasteiger partial charge on any atom is 0.00187 e. The van der Waals surface area contributed by atoms with Gasteiger partial charge in [-0.05, 0) is 55.3 Å². The highest BCUT2D eigenvalue weighted by Gasteiger charge is 2.36. The fraction of sp³-hybridized carbons (Fsp3) is 0.625. The fourth-order valence-electron chi connectivity index (χ4n) is 3.67. The summed E-state index contributed by atoms with van der Waals surface area (Å²) in [6.45, 7) is 6.25. The van der Waals surface area contributed by atoms with Crippen LogP contribution < -0.4 is 0 Å². The second-order valence-corrected chi connectivity index (χ2v) is 5.71. The summed E-state index contributed by atoms with van der Waals surface area (Å²) in [6.07, 6.45) is 5.39. The molecule has 1 fully saturated rings. The number of nitrogens with zero attached hydrogens (tertiary/aromatic N) is 1. The smallest absolute Gasteiger partial charge is 0.00187 e. The van der Waals surface area contributed by atoms with Gasteiger partial charge in [0.1, 0.15) is 0 Å². The molecule has 1 aromatic carbocycles. The third-order valence-corrected chi connectivity index (χ3v) is 4.58. The Hall–Kier alpha value is -0.820. The molecule has 1 aliphatic heterocycles. The summed E-state index contributed by atoms with van der Waals surface area (Å²) in [6, 6.07) is 9.11. The maximum atomic E-state index is 2.69. The normalized spacial score (nSPS) is 27.8. The van der Waals surface area contributed by atoms with Gasteiger partial charge in [-0.3, -0.25) is 0 Å². The van der Waals surface area contributed by atoms with Gasteiger partial charge in [-0.1, -0.05) is 37.6 Å². The number of hydrogen-bond donors (Lipinski definition) is 0. The van der Waals surface area contributed by atoms with Crippen LogP contribution in [0.2, 0.25) is 0 Å². The number of hydrogen-bond acceptors (Lipinski definition) is 1. The highest BCUT2D eigenvalue weighted by atomic mass is 15.1. The van der Waals surface area contributed by atoms with E-state index in [2.05, 4.69) is 36.1 Å². The van der Waals surface area contributed by atoms with Gasteiger partial charge in [-0.2, -0.15) is 0 Å². The third kappa shape index (κ3) is 2.13. The molecule has 0 spiro atoms. The van der Waals surface area contributed by atoms with E-state index in [-0.39, 0.29) is 0 Å². The Bertz CT molecular complexity index is 385. The van der Waals surface area contributed by atoms with Gasteiger partial charge >= 0.3 is 0 Å². The van der Waals surface area contributed by atoms with Crippen molar-refractivity contribution in [2.75, 3.05) is 19.6 Å². The van der Waals surface area contributed by atoms with E-state index < -0.39 is 0 Å². The Balaban J connectivity index is 1.69. The summed E-state index contributed by atoms with van der Waals surface area (Å²) >= 11 is 0. The van der Waals surface area contributed by atoms with E-state index >= 15 is 0 Å². The lowest BCUT2D eigenvalue weighted by Crippen LogP contribution is -2.38. The number of likely N-dealkylation sites (tertiary alicyclic amines) is 1. The van der Waals surface area contributed by atoms with Crippen molar-refractivity contribution in [3.63, 3.8) is 0 Å². The Kier molecular flexibility index (Phi) is 3.19. The van der Waals surface area contributed by atoms with Gasteiger partial charge in [-0.15, -0.1) is 0 Å². The van der Waals surface area contributed by atoms with Gasteiger partial charge in [0.25, 0.3) is 0 Å². The van der Waals surface area contributed by atoms with Crippen LogP contribution in [0.15, 0.2) is 24.3 Å². The maximum absolute atomic E-state index is 2.69. The van der Waals surface area contributed by atoms with Crippen molar-refractivity contribution in [1.29, 1.82) is 0 Å². The Morgan fingerprint density at radius 2 is 2.18 bits per heavy atom. The molecule has 17 heavy (non-hydrogen) atoms. The quantitative estimate of drug-likeness (QED) is 0.767. The fourth-order valence-corrected chi connectivity index (χ4v) is 3.67. The van der Waals surface area contributed by atoms with Crippen molar-refractivity contribution < 1.29 is 0 Å². The summed E-state index contributed by atoms with van der Waals surface area (Å²) in [5.74, 6) is 1.77. The van der Waals surface area contributed by atoms with Gasteiger partial charge in [0.2, 0.25) is 0 Å². The van der Waals surface area contributed by atoms with Gasteiger partial charge < -0.3 is 4.90 Å². The van der Waals surface area contributed by atoms with Gasteiger partial charge in [0.05, 0.1) is 0 Å². The molecule has 0 N–H and O–H groups in total. The number of benzene rings is 1. The van der Waals surface area contributed by atoms with Crippen molar-refractivity contribution in [2.24, 2.45) is 5.92 Å². The molecule has 0 saturated carbocycles. The highest BCUT2D eigenvalue weighted by Crippen LogP contribution is 2.42. The first kappa shape index (κ1) is 11.3. The molecule has 0 bridgehead atoms. The molecule has 2 atom stereocenters. The first-order valence-corrected chi connectivity index (χ1v) is 7.18. The van der Waals surface area contributed by atoms with E-state index in [0.717, 1.165) is 11.8 Å². The molecular weight excluding hydrogens is 206 g/mol. The average Bonchev–Trinajstić information content (AvgIpc) is 2.74. The van der Waals surface area contributed by atoms with E-state index in [1.54, 1.807) is 11.1 Å². The molecule has 1 heterocycles. The molecule has 0 unspecified atom stereocenters. The molecule has 1 saturated heterocycles. The molecule has 92 valence electrons. The van der Waals surface area contributed by atoms with Crippen LogP contribution in [0, 0.1) is 5.92 Å². The van der Waals surface area contributed by atoms with Crippen LogP contribution in [-0.4, -0.2) is 24.5 Å². The summed E-state index contributed by atoms with van der Waals surface area (Å²) < 4.78 is 0. The first-order chi connectivity index (χ1) is 8.38. The van der Waals surface area contributed by atoms with Crippen molar-refractivity contribution in [1.82, 2.24) is 4.90 Å². The van der Waals surface area contributed by atoms with E-state index in [4.69, 9.17) is 0 Å². The molecule has 0 aromatic heterocycles. The zero-order valence-corrected chi connectivity index (χ0v) is 10.9. The van der Waals surface area contributed by atoms with E-state index in [0.29, 0.717) is 0 Å². The van der Waals surface area contributed by atoms with Crippen molar-refractivity contribution in [2.45, 2.75) is 38.5 Å². The number of rotatable bonds is 3. The molecule has 0 radical (unpaired) electrons. The number of unbranched alkanes of at least 4 members (excludes halogenated alkanes) is 1. The van der Waals surface area contributed by atoms with Crippen LogP contribution in [-0.2, 0) is 6.42 Å². The molecule has 1 heteroatoms. The minimum atomic E-state index is 0.865. The predicted octanol–water partition coefficient (Wildman–Crippen LogP) is 3.45. The lowest BCUT2D eigenvalue weighted by molar-refractivity contribution is 0.160. The largest absolute Gasteiger partial charge is 0.303 e. The van der Waals surface area contributed by atoms with Crippen molar-refractivity contribution in [3.05, 3.63) is 35.4 Å². The van der Waals surface area contributed by atoms with E-state index in [1.165, 1.54) is 45.3 Å². The minimum absolute atomic E-state index is 0.865. The molecular formula is C16H23N. The highest BCUT2D eigenvalue weighted by molar-refractivity contribution is 5.36. The lowest BCUT2D eigenvalue weighted by atomic mass is 9.86. The second kappa shape index (κ2) is 4.81. The summed E-state index contributed by atoms with van der Waals surface area (Å²) in [7, 11) is 0. The molecule has 1 aromatic rings. The predicted molar refractivity (Wildman–Crippen MR) is 72.3 cm³/mol. The minimum Gasteiger partial charge on any atom is -0.303 e. The molecule has 3 rings (SSSR count). The summed E-state index contributed by atoms with van der Waals surface area (Å²) in [5, 5.41) is 0. The summed E-state index contributed by atoms with van der Waals surface area (Å²) in [4.78, 5) is 2.69. The van der Waals surface area contributed by atoms with Crippen molar-refractivity contribution >= 4 is 0 Å². The van der Waals surface area contributed by atoms with E-state index in [9.17, 15) is 0 Å². The Morgan fingerprint density at radius 1 is 1.29 bits per heavy atom. The lowest BCUT2D eigenvalue weighted by Gasteiger charge is -2.35. The molecule has 1 aliphatic carbocycles. The average molecular weight is 229 g/mol. The monoisotopic (exact) mass is 229 g/mol. The topological polar surface area (TPSA) is 3.24 Å². The Morgan fingerprint density at radius 3 is 3.06 bits per heavy atom. The van der Waals surface area contributed by atoms with E-state index in [1.807, 2.05) is 0 Å². The van der Waals surface area contributed by atoms with Crippen LogP contribution in [0.4, 0.5) is 0 Å². The van der Waals surface area contributed by atoms with Crippen molar-refractivity contribution in [3.8, 4) is 0 Å². The third-order valence-electron chi connectivity index (χ3n) is 4.58. The molecule has 0 amide bonds. The van der Waals surface area contributed by atoms with Crippen LogP contribution in [0.25, 0.3) is 0 Å². The van der Waals surface area contributed by atoms with Crippen LogP contribution >= 0.6 is 0 Å². The first-order valence-electron chi connectivity index (χ1n) is 7.18. The zero-order valence-electron chi connectivity index (χ0n) is 10.9. The Labute approximate surface area is 105 Å². The molecule has 1 nitrogen and oxygen atoms in total.